The molecular formula is C30H41NO6. The third kappa shape index (κ3) is 10.7. The zero-order chi connectivity index (χ0) is 27.8. The monoisotopic (exact) mass is 511 g/mol. The van der Waals surface area contributed by atoms with Gasteiger partial charge in [-0.1, -0.05) is 38.1 Å². The second-order valence-corrected chi connectivity index (χ2v) is 10.9. The zero-order valence-corrected chi connectivity index (χ0v) is 23.1. The number of rotatable bonds is 8. The molecule has 2 aromatic carbocycles. The van der Waals surface area contributed by atoms with Crippen molar-refractivity contribution in [2.45, 2.75) is 84.8 Å². The van der Waals surface area contributed by atoms with Crippen molar-refractivity contribution in [3.63, 3.8) is 0 Å². The summed E-state index contributed by atoms with van der Waals surface area (Å²) in [4.78, 5) is 35.5. The summed E-state index contributed by atoms with van der Waals surface area (Å²) in [6.45, 7) is 13.9. The Balaban J connectivity index is 0.000000312. The minimum Gasteiger partial charge on any atom is -0.508 e. The smallest absolute Gasteiger partial charge is 0.410 e. The summed E-state index contributed by atoms with van der Waals surface area (Å²) < 4.78 is 11.2. The van der Waals surface area contributed by atoms with Crippen LogP contribution in [0.5, 0.6) is 11.5 Å². The van der Waals surface area contributed by atoms with Crippen LogP contribution in [0.3, 0.4) is 0 Å². The van der Waals surface area contributed by atoms with Crippen molar-refractivity contribution in [1.29, 1.82) is 0 Å². The lowest BCUT2D eigenvalue weighted by molar-refractivity contribution is -0.118. The standard InChI is InChI=1S/C19H27NO4.C11H14O2/c1-13(10-14(2)21)15-6-8-16(9-7-15)23-17-11-20(12-17)18(22)24-19(3,4)5;1-8(7-9(2)12)10-3-5-11(13)6-4-10/h6-9,13,17H,10-12H2,1-5H3;3-6,8,13H,7H2,1-2H3/t13-;8-/m11/s1. The Morgan fingerprint density at radius 3 is 1.70 bits per heavy atom. The number of amides is 1. The molecule has 2 aromatic rings. The number of hydrogen-bond acceptors (Lipinski definition) is 6. The van der Waals surface area contributed by atoms with Crippen molar-refractivity contribution in [2.75, 3.05) is 13.1 Å². The number of carbonyl (C=O) groups excluding carboxylic acids is 3. The van der Waals surface area contributed by atoms with E-state index >= 15 is 0 Å². The maximum Gasteiger partial charge on any atom is 0.410 e. The maximum atomic E-state index is 11.9. The van der Waals surface area contributed by atoms with Crippen molar-refractivity contribution in [3.8, 4) is 11.5 Å². The first-order chi connectivity index (χ1) is 17.2. The maximum absolute atomic E-state index is 11.9. The van der Waals surface area contributed by atoms with E-state index < -0.39 is 5.60 Å². The highest BCUT2D eigenvalue weighted by molar-refractivity contribution is 5.76. The van der Waals surface area contributed by atoms with Crippen LogP contribution >= 0.6 is 0 Å². The van der Waals surface area contributed by atoms with E-state index in [4.69, 9.17) is 14.6 Å². The van der Waals surface area contributed by atoms with Gasteiger partial charge in [0.1, 0.15) is 34.8 Å². The molecule has 0 saturated carbocycles. The lowest BCUT2D eigenvalue weighted by Gasteiger charge is -2.39. The SMILES string of the molecule is CC(=O)C[C@@H](C)c1ccc(O)cc1.CC(=O)C[C@@H](C)c1ccc(OC2CN(C(=O)OC(C)(C)C)C2)cc1. The lowest BCUT2D eigenvalue weighted by Crippen LogP contribution is -2.57. The van der Waals surface area contributed by atoms with Crippen molar-refractivity contribution >= 4 is 17.7 Å². The molecule has 7 nitrogen and oxygen atoms in total. The van der Waals surface area contributed by atoms with Gasteiger partial charge in [0.05, 0.1) is 13.1 Å². The molecule has 1 saturated heterocycles. The summed E-state index contributed by atoms with van der Waals surface area (Å²) in [6.07, 6.45) is 0.812. The summed E-state index contributed by atoms with van der Waals surface area (Å²) in [5.74, 6) is 1.88. The number of ether oxygens (including phenoxy) is 2. The van der Waals surface area contributed by atoms with Crippen LogP contribution in [-0.4, -0.2) is 52.5 Å². The van der Waals surface area contributed by atoms with Gasteiger partial charge >= 0.3 is 6.09 Å². The molecule has 37 heavy (non-hydrogen) atoms. The van der Waals surface area contributed by atoms with E-state index in [0.717, 1.165) is 16.9 Å². The number of carbonyl (C=O) groups is 3. The van der Waals surface area contributed by atoms with Crippen molar-refractivity contribution < 1.29 is 29.0 Å². The predicted octanol–water partition coefficient (Wildman–Crippen LogP) is 6.24. The molecule has 0 radical (unpaired) electrons. The van der Waals surface area contributed by atoms with E-state index in [9.17, 15) is 14.4 Å². The normalized spacial score (nSPS) is 14.9. The number of hydrogen-bond donors (Lipinski definition) is 1. The first-order valence-electron chi connectivity index (χ1n) is 12.8. The van der Waals surface area contributed by atoms with Gasteiger partial charge in [-0.05, 0) is 81.8 Å². The Kier molecular flexibility index (Phi) is 10.7. The van der Waals surface area contributed by atoms with Crippen LogP contribution in [0.15, 0.2) is 48.5 Å². The van der Waals surface area contributed by atoms with E-state index in [0.29, 0.717) is 25.9 Å². The molecule has 1 aliphatic rings. The third-order valence-corrected chi connectivity index (χ3v) is 5.90. The van der Waals surface area contributed by atoms with Gasteiger partial charge in [0, 0.05) is 12.8 Å². The van der Waals surface area contributed by atoms with Gasteiger partial charge in [0.2, 0.25) is 0 Å². The summed E-state index contributed by atoms with van der Waals surface area (Å²) in [5.41, 5.74) is 1.74. The van der Waals surface area contributed by atoms with E-state index in [-0.39, 0.29) is 41.3 Å². The Morgan fingerprint density at radius 1 is 0.865 bits per heavy atom. The van der Waals surface area contributed by atoms with E-state index in [1.54, 1.807) is 30.9 Å². The van der Waals surface area contributed by atoms with Gasteiger partial charge in [0.15, 0.2) is 0 Å². The van der Waals surface area contributed by atoms with Gasteiger partial charge in [0.25, 0.3) is 0 Å². The van der Waals surface area contributed by atoms with Crippen LogP contribution in [0.1, 0.15) is 84.3 Å². The molecule has 0 unspecified atom stereocenters. The van der Waals surface area contributed by atoms with Crippen LogP contribution in [0, 0.1) is 0 Å². The van der Waals surface area contributed by atoms with Gasteiger partial charge in [-0.2, -0.15) is 0 Å². The van der Waals surface area contributed by atoms with Crippen LogP contribution in [0.25, 0.3) is 0 Å². The highest BCUT2D eigenvalue weighted by Crippen LogP contribution is 2.25. The van der Waals surface area contributed by atoms with Crippen molar-refractivity contribution in [3.05, 3.63) is 59.7 Å². The predicted molar refractivity (Wildman–Crippen MR) is 144 cm³/mol. The van der Waals surface area contributed by atoms with Crippen LogP contribution in [0.4, 0.5) is 4.79 Å². The number of Topliss-reactive ketones (excluding diaryl/α,β-unsaturated/α-hetero) is 2. The molecular weight excluding hydrogens is 470 g/mol. The van der Waals surface area contributed by atoms with Crippen molar-refractivity contribution in [1.82, 2.24) is 4.90 Å². The molecule has 0 aliphatic carbocycles. The van der Waals surface area contributed by atoms with Gasteiger partial charge < -0.3 is 29.1 Å². The molecule has 202 valence electrons. The third-order valence-electron chi connectivity index (χ3n) is 5.90. The highest BCUT2D eigenvalue weighted by atomic mass is 16.6. The minimum atomic E-state index is -0.477. The molecule has 2 atom stereocenters. The fourth-order valence-electron chi connectivity index (χ4n) is 3.96. The number of ketones is 2. The number of phenolic OH excluding ortho intramolecular Hbond substituents is 1. The summed E-state index contributed by atoms with van der Waals surface area (Å²) in [7, 11) is 0. The molecule has 7 heteroatoms. The molecule has 0 spiro atoms. The van der Waals surface area contributed by atoms with Crippen molar-refractivity contribution in [2.24, 2.45) is 0 Å². The molecule has 1 heterocycles. The van der Waals surface area contributed by atoms with Crippen LogP contribution < -0.4 is 4.74 Å². The largest absolute Gasteiger partial charge is 0.508 e. The van der Waals surface area contributed by atoms with Crippen LogP contribution in [-0.2, 0) is 14.3 Å². The Bertz CT molecular complexity index is 1030. The first-order valence-corrected chi connectivity index (χ1v) is 12.8. The fraction of sp³-hybridized carbons (Fsp3) is 0.500. The second-order valence-electron chi connectivity index (χ2n) is 10.9. The van der Waals surface area contributed by atoms with Gasteiger partial charge in [-0.25, -0.2) is 4.79 Å². The first kappa shape index (κ1) is 29.9. The van der Waals surface area contributed by atoms with Gasteiger partial charge in [-0.15, -0.1) is 0 Å². The molecule has 1 N–H and O–H groups in total. The van der Waals surface area contributed by atoms with E-state index in [1.807, 2.05) is 71.0 Å². The average Bonchev–Trinajstić information content (AvgIpc) is 2.75. The quantitative estimate of drug-likeness (QED) is 0.451. The lowest BCUT2D eigenvalue weighted by atomic mass is 9.96. The topological polar surface area (TPSA) is 93.1 Å². The molecule has 0 bridgehead atoms. The highest BCUT2D eigenvalue weighted by Gasteiger charge is 2.35. The fourth-order valence-corrected chi connectivity index (χ4v) is 3.96. The van der Waals surface area contributed by atoms with E-state index in [2.05, 4.69) is 0 Å². The number of phenols is 1. The Labute approximate surface area is 220 Å². The second kappa shape index (κ2) is 13.3. The number of nitrogens with zero attached hydrogens (tertiary/aromatic N) is 1. The molecule has 0 aromatic heterocycles. The summed E-state index contributed by atoms with van der Waals surface area (Å²) >= 11 is 0. The Hall–Kier alpha value is -3.35. The van der Waals surface area contributed by atoms with E-state index in [1.165, 1.54) is 0 Å². The Morgan fingerprint density at radius 2 is 1.30 bits per heavy atom. The molecule has 1 fully saturated rings. The molecule has 3 rings (SSSR count). The zero-order valence-electron chi connectivity index (χ0n) is 23.1. The molecule has 1 amide bonds. The number of benzene rings is 2. The van der Waals surface area contributed by atoms with Gasteiger partial charge in [-0.3, -0.25) is 0 Å². The summed E-state index contributed by atoms with van der Waals surface area (Å²) in [5, 5.41) is 9.05. The number of aromatic hydroxyl groups is 1. The summed E-state index contributed by atoms with van der Waals surface area (Å²) in [6, 6.07) is 14.8. The number of likely N-dealkylation sites (tertiary alicyclic amines) is 1. The molecule has 1 aliphatic heterocycles. The average molecular weight is 512 g/mol. The minimum absolute atomic E-state index is 0.00184. The van der Waals surface area contributed by atoms with Crippen LogP contribution in [0.2, 0.25) is 0 Å².